The van der Waals surface area contributed by atoms with Gasteiger partial charge in [-0.15, -0.1) is 0 Å². The number of fused-ring (bicyclic) bond motifs is 1. The number of ether oxygens (including phenoxy) is 1. The van der Waals surface area contributed by atoms with E-state index in [0.717, 1.165) is 27.9 Å². The number of anilines is 1. The van der Waals surface area contributed by atoms with Crippen LogP contribution in [0.4, 0.5) is 5.82 Å². The second-order valence-electron chi connectivity index (χ2n) is 7.25. The number of nitrogens with one attached hydrogen (secondary N) is 2. The zero-order valence-electron chi connectivity index (χ0n) is 18.3. The molecule has 4 aromatic rings. The molecule has 0 spiro atoms. The van der Waals surface area contributed by atoms with Crippen LogP contribution in [0.25, 0.3) is 22.2 Å². The first-order valence-corrected chi connectivity index (χ1v) is 10.5. The quantitative estimate of drug-likeness (QED) is 0.407. The highest BCUT2D eigenvalue weighted by Crippen LogP contribution is 2.27. The van der Waals surface area contributed by atoms with Crippen LogP contribution >= 0.6 is 0 Å². The van der Waals surface area contributed by atoms with Crippen LogP contribution in [0.15, 0.2) is 53.2 Å². The summed E-state index contributed by atoms with van der Waals surface area (Å²) in [5.41, 5.74) is 3.79. The molecule has 0 fully saturated rings. The molecule has 8 heteroatoms. The van der Waals surface area contributed by atoms with E-state index in [-0.39, 0.29) is 5.91 Å². The smallest absolute Gasteiger partial charge is 0.256 e. The van der Waals surface area contributed by atoms with Gasteiger partial charge in [0.15, 0.2) is 0 Å². The third kappa shape index (κ3) is 4.39. The van der Waals surface area contributed by atoms with Crippen molar-refractivity contribution in [1.82, 2.24) is 20.4 Å². The van der Waals surface area contributed by atoms with Gasteiger partial charge < -0.3 is 19.9 Å². The van der Waals surface area contributed by atoms with Gasteiger partial charge in [-0.3, -0.25) is 9.78 Å². The fourth-order valence-corrected chi connectivity index (χ4v) is 3.52. The first kappa shape index (κ1) is 21.3. The molecule has 8 nitrogen and oxygen atoms in total. The first-order valence-electron chi connectivity index (χ1n) is 10.5. The fourth-order valence-electron chi connectivity index (χ4n) is 3.52. The van der Waals surface area contributed by atoms with E-state index in [1.807, 2.05) is 49.4 Å². The lowest BCUT2D eigenvalue weighted by Crippen LogP contribution is -2.29. The number of nitrogens with zero attached hydrogens (tertiary/aromatic N) is 3. The molecule has 164 valence electrons. The molecular formula is C24H25N5O3. The van der Waals surface area contributed by atoms with E-state index in [4.69, 9.17) is 14.2 Å². The maximum absolute atomic E-state index is 12.5. The maximum Gasteiger partial charge on any atom is 0.256 e. The summed E-state index contributed by atoms with van der Waals surface area (Å²) in [5, 5.41) is 11.1. The minimum atomic E-state index is -0.186. The Balaban J connectivity index is 1.49. The Kier molecular flexibility index (Phi) is 6.30. The van der Waals surface area contributed by atoms with Crippen LogP contribution in [0.2, 0.25) is 0 Å². The number of benzene rings is 1. The van der Waals surface area contributed by atoms with Crippen molar-refractivity contribution in [2.24, 2.45) is 0 Å². The van der Waals surface area contributed by atoms with Crippen molar-refractivity contribution >= 4 is 22.6 Å². The summed E-state index contributed by atoms with van der Waals surface area (Å²) in [6.07, 6.45) is 2.40. The van der Waals surface area contributed by atoms with Crippen molar-refractivity contribution in [3.05, 3.63) is 65.7 Å². The zero-order valence-corrected chi connectivity index (χ0v) is 18.3. The van der Waals surface area contributed by atoms with Crippen molar-refractivity contribution in [1.29, 1.82) is 0 Å². The number of hydrogen-bond donors (Lipinski definition) is 2. The first-order chi connectivity index (χ1) is 15.6. The highest BCUT2D eigenvalue weighted by atomic mass is 16.5. The molecule has 0 bridgehead atoms. The molecule has 0 saturated carbocycles. The molecule has 0 radical (unpaired) electrons. The van der Waals surface area contributed by atoms with Crippen LogP contribution in [-0.2, 0) is 6.42 Å². The van der Waals surface area contributed by atoms with Gasteiger partial charge in [0.05, 0.1) is 24.0 Å². The van der Waals surface area contributed by atoms with Gasteiger partial charge in [-0.25, -0.2) is 4.98 Å². The normalized spacial score (nSPS) is 10.8. The molecule has 32 heavy (non-hydrogen) atoms. The van der Waals surface area contributed by atoms with Gasteiger partial charge in [0.25, 0.3) is 5.91 Å². The minimum absolute atomic E-state index is 0.186. The Labute approximate surface area is 186 Å². The Morgan fingerprint density at radius 2 is 1.97 bits per heavy atom. The predicted octanol–water partition coefficient (Wildman–Crippen LogP) is 4.01. The Hall–Kier alpha value is -3.94. The molecule has 0 atom stereocenters. The third-order valence-corrected chi connectivity index (χ3v) is 5.18. The number of pyridine rings is 2. The largest absolute Gasteiger partial charge is 0.497 e. The molecule has 3 aromatic heterocycles. The van der Waals surface area contributed by atoms with Crippen molar-refractivity contribution in [2.75, 3.05) is 25.5 Å². The summed E-state index contributed by atoms with van der Waals surface area (Å²) in [6.45, 7) is 4.60. The number of amides is 1. The van der Waals surface area contributed by atoms with Gasteiger partial charge in [-0.1, -0.05) is 12.1 Å². The topological polar surface area (TPSA) is 102 Å². The number of rotatable bonds is 8. The van der Waals surface area contributed by atoms with E-state index in [2.05, 4.69) is 20.8 Å². The second kappa shape index (κ2) is 9.47. The molecular weight excluding hydrogens is 406 g/mol. The van der Waals surface area contributed by atoms with Crippen LogP contribution in [0.3, 0.4) is 0 Å². The van der Waals surface area contributed by atoms with E-state index in [1.54, 1.807) is 20.2 Å². The van der Waals surface area contributed by atoms with E-state index < -0.39 is 0 Å². The van der Waals surface area contributed by atoms with Crippen molar-refractivity contribution in [2.45, 2.75) is 20.3 Å². The summed E-state index contributed by atoms with van der Waals surface area (Å²) >= 11 is 0. The molecule has 0 saturated heterocycles. The van der Waals surface area contributed by atoms with Gasteiger partial charge in [-0.05, 0) is 55.8 Å². The van der Waals surface area contributed by atoms with Crippen LogP contribution in [-0.4, -0.2) is 41.2 Å². The molecule has 0 aliphatic rings. The highest BCUT2D eigenvalue weighted by molar-refractivity contribution is 5.96. The minimum Gasteiger partial charge on any atom is -0.497 e. The molecule has 0 aliphatic heterocycles. The van der Waals surface area contributed by atoms with Crippen molar-refractivity contribution < 1.29 is 14.1 Å². The molecule has 2 N–H and O–H groups in total. The Morgan fingerprint density at radius 1 is 1.16 bits per heavy atom. The Bertz CT molecular complexity index is 1230. The Morgan fingerprint density at radius 3 is 2.72 bits per heavy atom. The van der Waals surface area contributed by atoms with Crippen molar-refractivity contribution in [3.8, 4) is 17.0 Å². The maximum atomic E-state index is 12.5. The SMILES string of the molecule is CCc1noc(C)c1C(=O)NCCNc1nc(-c2ccc(OC)cc2)cc2ncccc12. The lowest BCUT2D eigenvalue weighted by atomic mass is 10.1. The standard InChI is InChI=1S/C24H25N5O3/c1-4-19-22(15(2)32-29-19)24(30)27-13-12-26-23-18-6-5-11-25-21(18)14-20(28-23)16-7-9-17(31-3)10-8-16/h5-11,14H,4,12-13H2,1-3H3,(H,26,28)(H,27,30). The van der Waals surface area contributed by atoms with Crippen molar-refractivity contribution in [3.63, 3.8) is 0 Å². The summed E-state index contributed by atoms with van der Waals surface area (Å²) in [7, 11) is 1.64. The average Bonchev–Trinajstić information content (AvgIpc) is 3.22. The monoisotopic (exact) mass is 431 g/mol. The molecule has 1 amide bonds. The van der Waals surface area contributed by atoms with Crippen LogP contribution < -0.4 is 15.4 Å². The number of carbonyl (C=O) groups is 1. The van der Waals surface area contributed by atoms with Crippen LogP contribution in [0.5, 0.6) is 5.75 Å². The summed E-state index contributed by atoms with van der Waals surface area (Å²) in [5.74, 6) is 1.84. The number of aryl methyl sites for hydroxylation is 2. The van der Waals surface area contributed by atoms with Gasteiger partial charge >= 0.3 is 0 Å². The summed E-state index contributed by atoms with van der Waals surface area (Å²) in [6, 6.07) is 13.6. The fraction of sp³-hybridized carbons (Fsp3) is 0.250. The molecule has 0 aliphatic carbocycles. The average molecular weight is 431 g/mol. The lowest BCUT2D eigenvalue weighted by molar-refractivity contribution is 0.0953. The number of methoxy groups -OCH3 is 1. The highest BCUT2D eigenvalue weighted by Gasteiger charge is 2.18. The summed E-state index contributed by atoms with van der Waals surface area (Å²) < 4.78 is 10.4. The molecule has 1 aromatic carbocycles. The molecule has 4 rings (SSSR count). The third-order valence-electron chi connectivity index (χ3n) is 5.18. The lowest BCUT2D eigenvalue weighted by Gasteiger charge is -2.12. The van der Waals surface area contributed by atoms with Gasteiger partial charge in [0.1, 0.15) is 22.9 Å². The number of carbonyl (C=O) groups excluding carboxylic acids is 1. The van der Waals surface area contributed by atoms with E-state index >= 15 is 0 Å². The van der Waals surface area contributed by atoms with Gasteiger partial charge in [0.2, 0.25) is 0 Å². The van der Waals surface area contributed by atoms with E-state index in [9.17, 15) is 4.79 Å². The summed E-state index contributed by atoms with van der Waals surface area (Å²) in [4.78, 5) is 21.8. The van der Waals surface area contributed by atoms with E-state index in [1.165, 1.54) is 0 Å². The van der Waals surface area contributed by atoms with Crippen LogP contribution in [0, 0.1) is 6.92 Å². The van der Waals surface area contributed by atoms with Gasteiger partial charge in [0, 0.05) is 30.2 Å². The molecule has 3 heterocycles. The van der Waals surface area contributed by atoms with E-state index in [0.29, 0.717) is 42.3 Å². The predicted molar refractivity (Wildman–Crippen MR) is 123 cm³/mol. The number of hydrogen-bond acceptors (Lipinski definition) is 7. The number of aromatic nitrogens is 3. The zero-order chi connectivity index (χ0) is 22.5. The second-order valence-corrected chi connectivity index (χ2v) is 7.25. The van der Waals surface area contributed by atoms with Crippen LogP contribution in [0.1, 0.15) is 28.7 Å². The van der Waals surface area contributed by atoms with Gasteiger partial charge in [-0.2, -0.15) is 0 Å². The molecule has 0 unspecified atom stereocenters.